The molecule has 2 heteroatoms. The van der Waals surface area contributed by atoms with Gasteiger partial charge in [-0.05, 0) is 41.8 Å². The van der Waals surface area contributed by atoms with Crippen LogP contribution in [0.1, 0.15) is 18.1 Å². The lowest BCUT2D eigenvalue weighted by Gasteiger charge is -1.97. The van der Waals surface area contributed by atoms with Crippen molar-refractivity contribution in [2.75, 3.05) is 0 Å². The molecule has 0 atom stereocenters. The molecule has 0 aliphatic heterocycles. The molecule has 0 radical (unpaired) electrons. The molecule has 1 aromatic carbocycles. The molecule has 2 nitrogen and oxygen atoms in total. The van der Waals surface area contributed by atoms with E-state index in [-0.39, 0.29) is 11.5 Å². The molecule has 0 bridgehead atoms. The van der Waals surface area contributed by atoms with Crippen molar-refractivity contribution in [3.05, 3.63) is 34.9 Å². The fraction of sp³-hybridized carbons (Fsp3) is 0.182. The molecule has 1 aromatic rings. The topological polar surface area (TPSA) is 37.3 Å². The molecular formula is C11H10O2. The zero-order chi connectivity index (χ0) is 9.42. The highest BCUT2D eigenvalue weighted by atomic mass is 16.3. The van der Waals surface area contributed by atoms with Crippen molar-refractivity contribution in [2.24, 2.45) is 0 Å². The van der Waals surface area contributed by atoms with Gasteiger partial charge in [0.2, 0.25) is 0 Å². The molecule has 0 unspecified atom stereocenters. The molecule has 0 heterocycles. The van der Waals surface area contributed by atoms with Crippen LogP contribution < -0.4 is 0 Å². The van der Waals surface area contributed by atoms with E-state index in [1.54, 1.807) is 19.1 Å². The van der Waals surface area contributed by atoms with Crippen molar-refractivity contribution in [1.82, 2.24) is 0 Å². The summed E-state index contributed by atoms with van der Waals surface area (Å²) in [4.78, 5) is 11.1. The summed E-state index contributed by atoms with van der Waals surface area (Å²) in [5, 5.41) is 9.21. The highest BCUT2D eigenvalue weighted by Crippen LogP contribution is 2.28. The lowest BCUT2D eigenvalue weighted by molar-refractivity contribution is -0.113. The number of rotatable bonds is 1. The Morgan fingerprint density at radius 2 is 2.23 bits per heavy atom. The van der Waals surface area contributed by atoms with Crippen LogP contribution >= 0.6 is 0 Å². The molecular weight excluding hydrogens is 164 g/mol. The van der Waals surface area contributed by atoms with Crippen molar-refractivity contribution < 1.29 is 9.90 Å². The second-order valence-electron chi connectivity index (χ2n) is 3.29. The quantitative estimate of drug-likeness (QED) is 0.706. The first-order valence-electron chi connectivity index (χ1n) is 4.20. The molecule has 1 N–H and O–H groups in total. The van der Waals surface area contributed by atoms with Crippen molar-refractivity contribution in [3.8, 4) is 5.75 Å². The van der Waals surface area contributed by atoms with E-state index in [4.69, 9.17) is 0 Å². The van der Waals surface area contributed by atoms with Crippen LogP contribution in [0.4, 0.5) is 0 Å². The number of carbonyl (C=O) groups is 1. The van der Waals surface area contributed by atoms with Crippen LogP contribution in [-0.2, 0) is 11.2 Å². The molecule has 13 heavy (non-hydrogen) atoms. The number of Topliss-reactive ketones (excluding diaryl/α,β-unsaturated/α-hetero) is 1. The summed E-state index contributed by atoms with van der Waals surface area (Å²) in [6, 6.07) is 5.19. The minimum Gasteiger partial charge on any atom is -0.508 e. The Balaban J connectivity index is 2.43. The van der Waals surface area contributed by atoms with E-state index >= 15 is 0 Å². The lowest BCUT2D eigenvalue weighted by Crippen LogP contribution is -1.94. The van der Waals surface area contributed by atoms with Crippen LogP contribution in [0, 0.1) is 0 Å². The van der Waals surface area contributed by atoms with Crippen LogP contribution in [0.25, 0.3) is 6.08 Å². The molecule has 1 aliphatic carbocycles. The van der Waals surface area contributed by atoms with E-state index in [2.05, 4.69) is 0 Å². The Morgan fingerprint density at radius 1 is 1.46 bits per heavy atom. The van der Waals surface area contributed by atoms with Gasteiger partial charge in [0.1, 0.15) is 5.75 Å². The van der Waals surface area contributed by atoms with Gasteiger partial charge in [0.25, 0.3) is 0 Å². The number of benzene rings is 1. The van der Waals surface area contributed by atoms with E-state index in [0.717, 1.165) is 16.7 Å². The standard InChI is InChI=1S/C11H10O2/c1-7(12)9-4-8-2-3-11(13)6-10(8)5-9/h2-3,5-6,13H,4H2,1H3. The van der Waals surface area contributed by atoms with Crippen LogP contribution in [0.5, 0.6) is 5.75 Å². The Bertz CT molecular complexity index is 403. The highest BCUT2D eigenvalue weighted by molar-refractivity contribution is 6.00. The van der Waals surface area contributed by atoms with Crippen LogP contribution in [0.15, 0.2) is 23.8 Å². The largest absolute Gasteiger partial charge is 0.508 e. The summed E-state index contributed by atoms with van der Waals surface area (Å²) < 4.78 is 0. The average molecular weight is 174 g/mol. The second-order valence-corrected chi connectivity index (χ2v) is 3.29. The third-order valence-electron chi connectivity index (χ3n) is 2.29. The fourth-order valence-electron chi connectivity index (χ4n) is 1.55. The third kappa shape index (κ3) is 1.35. The predicted molar refractivity (Wildman–Crippen MR) is 50.5 cm³/mol. The first-order valence-corrected chi connectivity index (χ1v) is 4.20. The summed E-state index contributed by atoms with van der Waals surface area (Å²) in [6.45, 7) is 1.57. The molecule has 1 aliphatic rings. The van der Waals surface area contributed by atoms with Gasteiger partial charge >= 0.3 is 0 Å². The molecule has 0 fully saturated rings. The van der Waals surface area contributed by atoms with Gasteiger partial charge in [-0.15, -0.1) is 0 Å². The first kappa shape index (κ1) is 8.05. The van der Waals surface area contributed by atoms with Crippen molar-refractivity contribution in [1.29, 1.82) is 0 Å². The van der Waals surface area contributed by atoms with Gasteiger partial charge in [-0.25, -0.2) is 0 Å². The number of hydrogen-bond donors (Lipinski definition) is 1. The van der Waals surface area contributed by atoms with Crippen LogP contribution in [0.2, 0.25) is 0 Å². The van der Waals surface area contributed by atoms with Crippen LogP contribution in [0.3, 0.4) is 0 Å². The molecule has 0 amide bonds. The zero-order valence-corrected chi connectivity index (χ0v) is 7.37. The molecule has 2 rings (SSSR count). The minimum absolute atomic E-state index is 0.107. The first-order chi connectivity index (χ1) is 6.16. The van der Waals surface area contributed by atoms with Gasteiger partial charge in [-0.3, -0.25) is 4.79 Å². The number of aromatic hydroxyl groups is 1. The Kier molecular flexibility index (Phi) is 1.69. The summed E-state index contributed by atoms with van der Waals surface area (Å²) in [6.07, 6.45) is 2.54. The highest BCUT2D eigenvalue weighted by Gasteiger charge is 2.15. The van der Waals surface area contributed by atoms with Crippen molar-refractivity contribution >= 4 is 11.9 Å². The normalized spacial score (nSPS) is 13.8. The lowest BCUT2D eigenvalue weighted by atomic mass is 10.1. The van der Waals surface area contributed by atoms with Gasteiger partial charge in [0, 0.05) is 6.42 Å². The van der Waals surface area contributed by atoms with E-state index < -0.39 is 0 Å². The van der Waals surface area contributed by atoms with E-state index in [1.807, 2.05) is 12.1 Å². The number of phenolic OH excluding ortho intramolecular Hbond substituents is 1. The second kappa shape index (κ2) is 2.73. The van der Waals surface area contributed by atoms with Crippen molar-refractivity contribution in [2.45, 2.75) is 13.3 Å². The number of phenols is 1. The van der Waals surface area contributed by atoms with E-state index in [9.17, 15) is 9.90 Å². The number of hydrogen-bond acceptors (Lipinski definition) is 2. The molecule has 66 valence electrons. The average Bonchev–Trinajstić information content (AvgIpc) is 2.46. The van der Waals surface area contributed by atoms with E-state index in [0.29, 0.717) is 6.42 Å². The summed E-state index contributed by atoms with van der Waals surface area (Å²) in [5.74, 6) is 0.357. The number of carbonyl (C=O) groups excluding carboxylic acids is 1. The van der Waals surface area contributed by atoms with E-state index in [1.165, 1.54) is 0 Å². The van der Waals surface area contributed by atoms with Gasteiger partial charge in [-0.2, -0.15) is 0 Å². The van der Waals surface area contributed by atoms with Gasteiger partial charge in [-0.1, -0.05) is 6.07 Å². The monoisotopic (exact) mass is 174 g/mol. The maximum absolute atomic E-state index is 11.1. The maximum Gasteiger partial charge on any atom is 0.156 e. The minimum atomic E-state index is 0.107. The molecule has 0 saturated carbocycles. The fourth-order valence-corrected chi connectivity index (χ4v) is 1.55. The molecule has 0 saturated heterocycles. The Labute approximate surface area is 76.5 Å². The van der Waals surface area contributed by atoms with Gasteiger partial charge < -0.3 is 5.11 Å². The predicted octanol–water partition coefficient (Wildman–Crippen LogP) is 1.92. The smallest absolute Gasteiger partial charge is 0.156 e. The van der Waals surface area contributed by atoms with Gasteiger partial charge in [0.05, 0.1) is 0 Å². The van der Waals surface area contributed by atoms with Gasteiger partial charge in [0.15, 0.2) is 5.78 Å². The Hall–Kier alpha value is -1.57. The summed E-state index contributed by atoms with van der Waals surface area (Å²) >= 11 is 0. The van der Waals surface area contributed by atoms with Crippen LogP contribution in [-0.4, -0.2) is 10.9 Å². The molecule has 0 spiro atoms. The number of allylic oxidation sites excluding steroid dienone is 1. The SMILES string of the molecule is CC(=O)C1=Cc2cc(O)ccc2C1. The summed E-state index contributed by atoms with van der Waals surface area (Å²) in [7, 11) is 0. The summed E-state index contributed by atoms with van der Waals surface area (Å²) in [5.41, 5.74) is 2.90. The molecule has 0 aromatic heterocycles. The maximum atomic E-state index is 11.1. The van der Waals surface area contributed by atoms with Crippen molar-refractivity contribution in [3.63, 3.8) is 0 Å². The number of fused-ring (bicyclic) bond motifs is 1. The Morgan fingerprint density at radius 3 is 2.92 bits per heavy atom. The third-order valence-corrected chi connectivity index (χ3v) is 2.29. The zero-order valence-electron chi connectivity index (χ0n) is 7.37. The number of ketones is 1.